The molecule has 2 aromatic heterocycles. The number of aryl methyl sites for hydroxylation is 1. The van der Waals surface area contributed by atoms with Gasteiger partial charge >= 0.3 is 0 Å². The van der Waals surface area contributed by atoms with Gasteiger partial charge in [-0.15, -0.1) is 0 Å². The molecule has 4 N–H and O–H groups in total. The largest absolute Gasteiger partial charge is 0.378 e. The van der Waals surface area contributed by atoms with Crippen molar-refractivity contribution in [3.63, 3.8) is 0 Å². The number of hydrogen-bond acceptors (Lipinski definition) is 9. The van der Waals surface area contributed by atoms with Crippen LogP contribution in [0.1, 0.15) is 35.4 Å². The highest BCUT2D eigenvalue weighted by molar-refractivity contribution is 7.10. The summed E-state index contributed by atoms with van der Waals surface area (Å²) < 4.78 is 4.24. The number of anilines is 5. The quantitative estimate of drug-likeness (QED) is 0.435. The van der Waals surface area contributed by atoms with Gasteiger partial charge in [0.1, 0.15) is 10.8 Å². The van der Waals surface area contributed by atoms with Crippen molar-refractivity contribution in [3.05, 3.63) is 47.9 Å². The van der Waals surface area contributed by atoms with Gasteiger partial charge in [0, 0.05) is 45.0 Å². The van der Waals surface area contributed by atoms with Gasteiger partial charge in [-0.25, -0.2) is 9.97 Å². The Morgan fingerprint density at radius 1 is 1.20 bits per heavy atom. The summed E-state index contributed by atoms with van der Waals surface area (Å²) in [4.78, 5) is 37.4. The van der Waals surface area contributed by atoms with Gasteiger partial charge in [-0.3, -0.25) is 9.59 Å². The zero-order valence-electron chi connectivity index (χ0n) is 20.1. The summed E-state index contributed by atoms with van der Waals surface area (Å²) in [6.45, 7) is 3.39. The van der Waals surface area contributed by atoms with Crippen molar-refractivity contribution >= 4 is 51.4 Å². The number of benzene rings is 1. The molecule has 3 heterocycles. The van der Waals surface area contributed by atoms with Crippen LogP contribution in [0.4, 0.5) is 28.0 Å². The van der Waals surface area contributed by atoms with Gasteiger partial charge in [-0.1, -0.05) is 0 Å². The lowest BCUT2D eigenvalue weighted by atomic mass is 9.93. The standard InChI is InChI=1S/C24H30N8O2S/c1-15-12-21(35-30-15)29-24-22(23(25)34)26-14-19(28-24)32-10-8-16(9-11-32)13-20(33)27-17-4-6-18(7-5-17)31(2)3/h4-7,12,14,16H,8-11,13H2,1-3H3,(H2,25,34)(H,27,33)(H,28,29). The van der Waals surface area contributed by atoms with E-state index < -0.39 is 5.91 Å². The molecule has 184 valence electrons. The average Bonchev–Trinajstić information content (AvgIpc) is 3.24. The van der Waals surface area contributed by atoms with Gasteiger partial charge in [-0.05, 0) is 67.5 Å². The van der Waals surface area contributed by atoms with Crippen LogP contribution in [0.2, 0.25) is 0 Å². The van der Waals surface area contributed by atoms with E-state index in [9.17, 15) is 9.59 Å². The topological polar surface area (TPSA) is 129 Å². The number of hydrogen-bond donors (Lipinski definition) is 3. The fraction of sp³-hybridized carbons (Fsp3) is 0.375. The molecule has 1 aliphatic heterocycles. The van der Waals surface area contributed by atoms with Gasteiger partial charge in [0.05, 0.1) is 11.9 Å². The molecule has 0 atom stereocenters. The maximum Gasteiger partial charge on any atom is 0.271 e. The summed E-state index contributed by atoms with van der Waals surface area (Å²) >= 11 is 1.28. The molecule has 0 bridgehead atoms. The Morgan fingerprint density at radius 3 is 2.51 bits per heavy atom. The number of rotatable bonds is 8. The summed E-state index contributed by atoms with van der Waals surface area (Å²) in [5.74, 6) is 0.665. The van der Waals surface area contributed by atoms with E-state index in [1.165, 1.54) is 11.5 Å². The second-order valence-corrected chi connectivity index (χ2v) is 9.68. The Balaban J connectivity index is 1.34. The highest BCUT2D eigenvalue weighted by Gasteiger charge is 2.24. The van der Waals surface area contributed by atoms with Crippen molar-refractivity contribution < 1.29 is 9.59 Å². The minimum atomic E-state index is -0.645. The van der Waals surface area contributed by atoms with Crippen molar-refractivity contribution in [1.29, 1.82) is 0 Å². The molecule has 0 unspecified atom stereocenters. The Morgan fingerprint density at radius 2 is 1.91 bits per heavy atom. The molecular weight excluding hydrogens is 464 g/mol. The molecule has 2 amide bonds. The molecule has 11 heteroatoms. The molecule has 0 aliphatic carbocycles. The number of nitrogens with zero attached hydrogens (tertiary/aromatic N) is 5. The maximum atomic E-state index is 12.6. The van der Waals surface area contributed by atoms with Gasteiger partial charge in [0.2, 0.25) is 5.91 Å². The van der Waals surface area contributed by atoms with Gasteiger partial charge < -0.3 is 26.2 Å². The summed E-state index contributed by atoms with van der Waals surface area (Å²) in [6, 6.07) is 9.68. The van der Waals surface area contributed by atoms with E-state index >= 15 is 0 Å². The van der Waals surface area contributed by atoms with Crippen LogP contribution in [0.3, 0.4) is 0 Å². The molecule has 0 saturated carbocycles. The second-order valence-electron chi connectivity index (χ2n) is 8.87. The Kier molecular flexibility index (Phi) is 7.45. The van der Waals surface area contributed by atoms with Crippen molar-refractivity contribution in [1.82, 2.24) is 14.3 Å². The van der Waals surface area contributed by atoms with E-state index in [-0.39, 0.29) is 11.6 Å². The zero-order chi connectivity index (χ0) is 24.9. The van der Waals surface area contributed by atoms with Crippen molar-refractivity contribution in [2.24, 2.45) is 11.7 Å². The summed E-state index contributed by atoms with van der Waals surface area (Å²) in [5.41, 5.74) is 8.35. The fourth-order valence-electron chi connectivity index (χ4n) is 4.02. The van der Waals surface area contributed by atoms with Crippen LogP contribution in [0.5, 0.6) is 0 Å². The smallest absolute Gasteiger partial charge is 0.271 e. The van der Waals surface area contributed by atoms with E-state index in [1.54, 1.807) is 6.20 Å². The van der Waals surface area contributed by atoms with Crippen LogP contribution in [0.15, 0.2) is 36.5 Å². The molecule has 1 fully saturated rings. The van der Waals surface area contributed by atoms with Gasteiger partial charge in [-0.2, -0.15) is 4.37 Å². The summed E-state index contributed by atoms with van der Waals surface area (Å²) in [7, 11) is 3.97. The number of aromatic nitrogens is 3. The monoisotopic (exact) mass is 494 g/mol. The third-order valence-electron chi connectivity index (χ3n) is 5.94. The van der Waals surface area contributed by atoms with Crippen LogP contribution in [0, 0.1) is 12.8 Å². The number of carbonyl (C=O) groups is 2. The minimum absolute atomic E-state index is 0.0259. The molecule has 0 spiro atoms. The highest BCUT2D eigenvalue weighted by Crippen LogP contribution is 2.28. The zero-order valence-corrected chi connectivity index (χ0v) is 20.9. The third-order valence-corrected chi connectivity index (χ3v) is 6.74. The predicted octanol–water partition coefficient (Wildman–Crippen LogP) is 3.40. The number of carbonyl (C=O) groups excluding carboxylic acids is 2. The lowest BCUT2D eigenvalue weighted by Crippen LogP contribution is -2.35. The van der Waals surface area contributed by atoms with Crippen molar-refractivity contribution in [3.8, 4) is 0 Å². The molecule has 35 heavy (non-hydrogen) atoms. The number of primary amides is 1. The SMILES string of the molecule is Cc1cc(Nc2nc(N3CCC(CC(=O)Nc4ccc(N(C)C)cc4)CC3)cnc2C(N)=O)sn1. The molecule has 0 radical (unpaired) electrons. The van der Waals surface area contributed by atoms with E-state index in [0.717, 1.165) is 48.0 Å². The number of amides is 2. The lowest BCUT2D eigenvalue weighted by Gasteiger charge is -2.32. The first kappa shape index (κ1) is 24.4. The first-order valence-electron chi connectivity index (χ1n) is 11.5. The molecule has 4 rings (SSSR count). The number of nitrogens with two attached hydrogens (primary N) is 1. The fourth-order valence-corrected chi connectivity index (χ4v) is 4.68. The molecule has 1 aromatic carbocycles. The molecular formula is C24H30N8O2S. The van der Waals surface area contributed by atoms with E-state index in [4.69, 9.17) is 5.73 Å². The first-order chi connectivity index (χ1) is 16.8. The molecule has 1 aliphatic rings. The average molecular weight is 495 g/mol. The summed E-state index contributed by atoms with van der Waals surface area (Å²) in [6.07, 6.45) is 3.78. The van der Waals surface area contributed by atoms with Gasteiger partial charge in [0.25, 0.3) is 5.91 Å². The second kappa shape index (κ2) is 10.7. The van der Waals surface area contributed by atoms with E-state index in [0.29, 0.717) is 24.0 Å². The maximum absolute atomic E-state index is 12.6. The van der Waals surface area contributed by atoms with Crippen molar-refractivity contribution in [2.75, 3.05) is 47.6 Å². The Labute approximate surface area is 208 Å². The Hall–Kier alpha value is -3.73. The molecule has 10 nitrogen and oxygen atoms in total. The third kappa shape index (κ3) is 6.24. The number of piperidine rings is 1. The van der Waals surface area contributed by atoms with Gasteiger partial charge in [0.15, 0.2) is 11.5 Å². The number of nitrogens with one attached hydrogen (secondary N) is 2. The van der Waals surface area contributed by atoms with Crippen LogP contribution in [-0.4, -0.2) is 53.3 Å². The van der Waals surface area contributed by atoms with Crippen molar-refractivity contribution in [2.45, 2.75) is 26.2 Å². The lowest BCUT2D eigenvalue weighted by molar-refractivity contribution is -0.117. The van der Waals surface area contributed by atoms with Crippen LogP contribution < -0.4 is 26.2 Å². The highest BCUT2D eigenvalue weighted by atomic mass is 32.1. The molecule has 1 saturated heterocycles. The van der Waals surface area contributed by atoms with E-state index in [2.05, 4.69) is 29.9 Å². The normalized spacial score (nSPS) is 14.0. The predicted molar refractivity (Wildman–Crippen MR) is 140 cm³/mol. The van der Waals surface area contributed by atoms with Crippen LogP contribution >= 0.6 is 11.5 Å². The molecule has 3 aromatic rings. The summed E-state index contributed by atoms with van der Waals surface area (Å²) in [5, 5.41) is 6.88. The Bertz CT molecular complexity index is 1190. The van der Waals surface area contributed by atoms with E-state index in [1.807, 2.05) is 56.3 Å². The minimum Gasteiger partial charge on any atom is -0.378 e. The van der Waals surface area contributed by atoms with Crippen LogP contribution in [-0.2, 0) is 4.79 Å². The first-order valence-corrected chi connectivity index (χ1v) is 12.2. The van der Waals surface area contributed by atoms with Crippen LogP contribution in [0.25, 0.3) is 0 Å².